The van der Waals surface area contributed by atoms with Gasteiger partial charge in [0.2, 0.25) is 11.8 Å². The lowest BCUT2D eigenvalue weighted by atomic mass is 9.77. The molecule has 0 unspecified atom stereocenters. The van der Waals surface area contributed by atoms with E-state index in [0.29, 0.717) is 32.6 Å². The van der Waals surface area contributed by atoms with Crippen LogP contribution in [0.1, 0.15) is 19.8 Å². The van der Waals surface area contributed by atoms with Gasteiger partial charge in [0.25, 0.3) is 0 Å². The molecule has 20 heavy (non-hydrogen) atoms. The number of amides is 2. The zero-order valence-corrected chi connectivity index (χ0v) is 11.9. The van der Waals surface area contributed by atoms with Crippen molar-refractivity contribution in [3.8, 4) is 0 Å². The van der Waals surface area contributed by atoms with Crippen molar-refractivity contribution in [3.05, 3.63) is 0 Å². The Balaban J connectivity index is 3.00. The Labute approximate surface area is 117 Å². The van der Waals surface area contributed by atoms with Gasteiger partial charge < -0.3 is 25.9 Å². The second-order valence-electron chi connectivity index (χ2n) is 4.67. The quantitative estimate of drug-likeness (QED) is 0.263. The minimum atomic E-state index is -1.09. The molecule has 0 aromatic rings. The van der Waals surface area contributed by atoms with Crippen LogP contribution in [0, 0.1) is 5.41 Å². The van der Waals surface area contributed by atoms with Gasteiger partial charge in [-0.15, -0.1) is 0 Å². The summed E-state index contributed by atoms with van der Waals surface area (Å²) in [5.41, 5.74) is 4.65. The Bertz CT molecular complexity index is 391. The topological polar surface area (TPSA) is 117 Å². The average molecular weight is 286 g/mol. The third-order valence-corrected chi connectivity index (χ3v) is 3.64. The molecule has 0 bridgehead atoms. The van der Waals surface area contributed by atoms with Gasteiger partial charge in [-0.05, 0) is 19.8 Å². The second kappa shape index (κ2) is 7.09. The molecule has 0 aromatic heterocycles. The largest absolute Gasteiger partial charge is 0.409 e. The molecule has 0 saturated carbocycles. The van der Waals surface area contributed by atoms with E-state index in [0.717, 1.165) is 0 Å². The third kappa shape index (κ3) is 3.19. The number of nitrogens with one attached hydrogen (secondary N) is 1. The van der Waals surface area contributed by atoms with Crippen molar-refractivity contribution in [2.24, 2.45) is 16.3 Å². The molecule has 1 fully saturated rings. The van der Waals surface area contributed by atoms with E-state index in [9.17, 15) is 9.59 Å². The van der Waals surface area contributed by atoms with Crippen molar-refractivity contribution >= 4 is 17.6 Å². The Morgan fingerprint density at radius 3 is 2.50 bits per heavy atom. The zero-order valence-electron chi connectivity index (χ0n) is 11.9. The molecule has 0 aromatic carbocycles. The van der Waals surface area contributed by atoms with Crippen LogP contribution in [0.4, 0.5) is 0 Å². The average Bonchev–Trinajstić information content (AvgIpc) is 2.51. The van der Waals surface area contributed by atoms with Crippen molar-refractivity contribution in [2.45, 2.75) is 19.8 Å². The van der Waals surface area contributed by atoms with E-state index in [-0.39, 0.29) is 24.2 Å². The van der Waals surface area contributed by atoms with Gasteiger partial charge in [-0.2, -0.15) is 0 Å². The van der Waals surface area contributed by atoms with Gasteiger partial charge >= 0.3 is 0 Å². The molecule has 0 aliphatic carbocycles. The van der Waals surface area contributed by atoms with Crippen molar-refractivity contribution in [3.63, 3.8) is 0 Å². The van der Waals surface area contributed by atoms with Crippen LogP contribution in [-0.4, -0.2) is 61.1 Å². The summed E-state index contributed by atoms with van der Waals surface area (Å²) in [6.45, 7) is 2.82. The minimum Gasteiger partial charge on any atom is -0.409 e. The van der Waals surface area contributed by atoms with Gasteiger partial charge in [0.15, 0.2) is 5.84 Å². The standard InChI is InChI=1S/C12H22N4O4/c1-3-16(8-9(17)14-2)11(18)12(10(13)15-19)4-6-20-7-5-12/h19H,3-8H2,1-2H3,(H2,13,15)(H,14,17). The summed E-state index contributed by atoms with van der Waals surface area (Å²) in [6.07, 6.45) is 0.679. The van der Waals surface area contributed by atoms with E-state index in [1.807, 2.05) is 0 Å². The predicted molar refractivity (Wildman–Crippen MR) is 72.2 cm³/mol. The molecule has 1 rings (SSSR count). The van der Waals surface area contributed by atoms with Crippen molar-refractivity contribution in [1.29, 1.82) is 0 Å². The van der Waals surface area contributed by atoms with Gasteiger partial charge in [-0.3, -0.25) is 9.59 Å². The lowest BCUT2D eigenvalue weighted by Crippen LogP contribution is -2.55. The van der Waals surface area contributed by atoms with Crippen molar-refractivity contribution in [1.82, 2.24) is 10.2 Å². The summed E-state index contributed by atoms with van der Waals surface area (Å²) < 4.78 is 5.24. The maximum Gasteiger partial charge on any atom is 0.239 e. The highest BCUT2D eigenvalue weighted by Gasteiger charge is 2.46. The number of carbonyl (C=O) groups is 2. The lowest BCUT2D eigenvalue weighted by molar-refractivity contribution is -0.145. The van der Waals surface area contributed by atoms with Gasteiger partial charge in [0.1, 0.15) is 5.41 Å². The lowest BCUT2D eigenvalue weighted by Gasteiger charge is -2.38. The molecule has 0 radical (unpaired) electrons. The Hall–Kier alpha value is -1.83. The van der Waals surface area contributed by atoms with E-state index >= 15 is 0 Å². The maximum absolute atomic E-state index is 12.7. The van der Waals surface area contributed by atoms with Gasteiger partial charge in [0.05, 0.1) is 6.54 Å². The maximum atomic E-state index is 12.7. The van der Waals surface area contributed by atoms with Gasteiger partial charge in [-0.25, -0.2) is 0 Å². The van der Waals surface area contributed by atoms with E-state index in [1.165, 1.54) is 11.9 Å². The Morgan fingerprint density at radius 1 is 1.45 bits per heavy atom. The number of nitrogens with two attached hydrogens (primary N) is 1. The van der Waals surface area contributed by atoms with Crippen LogP contribution in [0.15, 0.2) is 5.16 Å². The number of amidine groups is 1. The first-order valence-corrected chi connectivity index (χ1v) is 6.57. The number of hydrogen-bond donors (Lipinski definition) is 3. The van der Waals surface area contributed by atoms with Crippen molar-refractivity contribution in [2.75, 3.05) is 33.4 Å². The monoisotopic (exact) mass is 286 g/mol. The molecule has 1 aliphatic rings. The van der Waals surface area contributed by atoms with Crippen LogP contribution in [0.2, 0.25) is 0 Å². The smallest absolute Gasteiger partial charge is 0.239 e. The van der Waals surface area contributed by atoms with Gasteiger partial charge in [0, 0.05) is 26.8 Å². The molecular formula is C12H22N4O4. The van der Waals surface area contributed by atoms with Crippen LogP contribution in [0.25, 0.3) is 0 Å². The number of hydrogen-bond acceptors (Lipinski definition) is 5. The highest BCUT2D eigenvalue weighted by molar-refractivity contribution is 6.07. The Kier molecular flexibility index (Phi) is 5.75. The molecule has 2 amide bonds. The van der Waals surface area contributed by atoms with Crippen LogP contribution in [0.5, 0.6) is 0 Å². The van der Waals surface area contributed by atoms with Crippen LogP contribution >= 0.6 is 0 Å². The summed E-state index contributed by atoms with van der Waals surface area (Å²) in [5.74, 6) is -0.690. The molecule has 1 aliphatic heterocycles. The Morgan fingerprint density at radius 2 is 2.05 bits per heavy atom. The third-order valence-electron chi connectivity index (χ3n) is 3.64. The summed E-state index contributed by atoms with van der Waals surface area (Å²) in [7, 11) is 1.51. The highest BCUT2D eigenvalue weighted by atomic mass is 16.5. The molecule has 8 nitrogen and oxygen atoms in total. The number of carbonyl (C=O) groups excluding carboxylic acids is 2. The number of rotatable bonds is 5. The first-order valence-electron chi connectivity index (χ1n) is 6.57. The number of likely N-dealkylation sites (N-methyl/N-ethyl adjacent to an activating group) is 2. The van der Waals surface area contributed by atoms with E-state index < -0.39 is 5.41 Å². The predicted octanol–water partition coefficient (Wildman–Crippen LogP) is -0.876. The molecule has 0 spiro atoms. The molecule has 114 valence electrons. The number of nitrogens with zero attached hydrogens (tertiary/aromatic N) is 2. The molecule has 1 heterocycles. The van der Waals surface area contributed by atoms with Gasteiger partial charge in [-0.1, -0.05) is 5.16 Å². The van der Waals surface area contributed by atoms with E-state index in [1.54, 1.807) is 6.92 Å². The normalized spacial score (nSPS) is 18.4. The fraction of sp³-hybridized carbons (Fsp3) is 0.750. The van der Waals surface area contributed by atoms with Crippen LogP contribution < -0.4 is 11.1 Å². The number of ether oxygens (including phenoxy) is 1. The van der Waals surface area contributed by atoms with Crippen LogP contribution in [0.3, 0.4) is 0 Å². The second-order valence-corrected chi connectivity index (χ2v) is 4.67. The molecule has 0 atom stereocenters. The summed E-state index contributed by atoms with van der Waals surface area (Å²) in [5, 5.41) is 14.4. The SMILES string of the molecule is CCN(CC(=O)NC)C(=O)C1(C(N)=NO)CCOCC1. The molecule has 8 heteroatoms. The molecular weight excluding hydrogens is 264 g/mol. The summed E-state index contributed by atoms with van der Waals surface area (Å²) >= 11 is 0. The molecule has 4 N–H and O–H groups in total. The fourth-order valence-electron chi connectivity index (χ4n) is 2.28. The minimum absolute atomic E-state index is 0.0485. The van der Waals surface area contributed by atoms with Crippen LogP contribution in [-0.2, 0) is 14.3 Å². The summed E-state index contributed by atoms with van der Waals surface area (Å²) in [4.78, 5) is 25.6. The molecule has 1 saturated heterocycles. The zero-order chi connectivity index (χ0) is 15.2. The first kappa shape index (κ1) is 16.2. The highest BCUT2D eigenvalue weighted by Crippen LogP contribution is 2.33. The van der Waals surface area contributed by atoms with E-state index in [2.05, 4.69) is 10.5 Å². The summed E-state index contributed by atoms with van der Waals surface area (Å²) in [6, 6.07) is 0. The first-order chi connectivity index (χ1) is 9.51. The number of oxime groups is 1. The van der Waals surface area contributed by atoms with Crippen molar-refractivity contribution < 1.29 is 19.5 Å². The van der Waals surface area contributed by atoms with E-state index in [4.69, 9.17) is 15.7 Å². The fourth-order valence-corrected chi connectivity index (χ4v) is 2.28.